The van der Waals surface area contributed by atoms with Crippen LogP contribution in [-0.4, -0.2) is 12.3 Å². The summed E-state index contributed by atoms with van der Waals surface area (Å²) in [6.45, 7) is 6.48. The molecule has 3 heteroatoms. The molecule has 94 valence electrons. The van der Waals surface area contributed by atoms with Gasteiger partial charge in [-0.15, -0.1) is 0 Å². The number of nitrogens with one attached hydrogen (secondary N) is 1. The normalized spacial score (nSPS) is 23.9. The fourth-order valence-corrected chi connectivity index (χ4v) is 4.24. The number of rotatable bonds is 2. The molecule has 1 aliphatic rings. The molecule has 1 aliphatic heterocycles. The summed E-state index contributed by atoms with van der Waals surface area (Å²) >= 11 is 1.98. The summed E-state index contributed by atoms with van der Waals surface area (Å²) in [5, 5.41) is 3.88. The Morgan fingerprint density at radius 1 is 1.41 bits per heavy atom. The predicted octanol–water partition coefficient (Wildman–Crippen LogP) is 3.67. The molecule has 0 aliphatic carbocycles. The van der Waals surface area contributed by atoms with Crippen LogP contribution in [0.5, 0.6) is 0 Å². The SMILES string of the molecule is CNC1c2cc(F)cc(C)c2CSC1C(C)C. The van der Waals surface area contributed by atoms with Crippen LogP contribution in [0.25, 0.3) is 0 Å². The van der Waals surface area contributed by atoms with Gasteiger partial charge in [-0.25, -0.2) is 4.39 Å². The number of aryl methyl sites for hydroxylation is 1. The van der Waals surface area contributed by atoms with Crippen molar-refractivity contribution in [3.8, 4) is 0 Å². The lowest BCUT2D eigenvalue weighted by atomic mass is 9.90. The molecule has 17 heavy (non-hydrogen) atoms. The van der Waals surface area contributed by atoms with Gasteiger partial charge in [0.15, 0.2) is 0 Å². The highest BCUT2D eigenvalue weighted by atomic mass is 32.2. The summed E-state index contributed by atoms with van der Waals surface area (Å²) < 4.78 is 13.6. The molecule has 0 spiro atoms. The average molecular weight is 253 g/mol. The van der Waals surface area contributed by atoms with Crippen molar-refractivity contribution in [2.75, 3.05) is 7.05 Å². The van der Waals surface area contributed by atoms with Crippen molar-refractivity contribution in [3.05, 3.63) is 34.6 Å². The fraction of sp³-hybridized carbons (Fsp3) is 0.571. The van der Waals surface area contributed by atoms with Gasteiger partial charge >= 0.3 is 0 Å². The maximum absolute atomic E-state index is 13.6. The molecule has 0 radical (unpaired) electrons. The molecule has 0 bridgehead atoms. The van der Waals surface area contributed by atoms with Gasteiger partial charge in [0.25, 0.3) is 0 Å². The van der Waals surface area contributed by atoms with E-state index in [1.807, 2.05) is 25.7 Å². The minimum absolute atomic E-state index is 0.115. The zero-order valence-electron chi connectivity index (χ0n) is 10.9. The fourth-order valence-electron chi connectivity index (χ4n) is 2.62. The van der Waals surface area contributed by atoms with Crippen LogP contribution in [0.2, 0.25) is 0 Å². The van der Waals surface area contributed by atoms with Gasteiger partial charge in [0.2, 0.25) is 0 Å². The first-order chi connectivity index (χ1) is 8.04. The summed E-state index contributed by atoms with van der Waals surface area (Å²) in [5.74, 6) is 1.48. The Kier molecular flexibility index (Phi) is 3.79. The maximum atomic E-state index is 13.6. The van der Waals surface area contributed by atoms with Gasteiger partial charge in [0, 0.05) is 17.0 Å². The highest BCUT2D eigenvalue weighted by Crippen LogP contribution is 2.42. The molecule has 2 atom stereocenters. The zero-order valence-corrected chi connectivity index (χ0v) is 11.7. The van der Waals surface area contributed by atoms with Gasteiger partial charge < -0.3 is 5.32 Å². The number of hydrogen-bond donors (Lipinski definition) is 1. The number of hydrogen-bond acceptors (Lipinski definition) is 2. The van der Waals surface area contributed by atoms with Crippen molar-refractivity contribution in [3.63, 3.8) is 0 Å². The highest BCUT2D eigenvalue weighted by molar-refractivity contribution is 7.99. The Morgan fingerprint density at radius 2 is 2.12 bits per heavy atom. The molecule has 1 nitrogen and oxygen atoms in total. The molecule has 1 aromatic rings. The first-order valence-corrected chi connectivity index (χ1v) is 7.17. The van der Waals surface area contributed by atoms with Gasteiger partial charge in [0.1, 0.15) is 5.82 Å². The molecule has 2 unspecified atom stereocenters. The monoisotopic (exact) mass is 253 g/mol. The summed E-state index contributed by atoms with van der Waals surface area (Å²) in [4.78, 5) is 0. The van der Waals surface area contributed by atoms with E-state index in [0.29, 0.717) is 11.2 Å². The molecule has 0 aromatic heterocycles. The predicted molar refractivity (Wildman–Crippen MR) is 72.9 cm³/mol. The molecule has 0 saturated heterocycles. The molecule has 1 heterocycles. The third kappa shape index (κ3) is 2.36. The van der Waals surface area contributed by atoms with Gasteiger partial charge in [-0.3, -0.25) is 0 Å². The van der Waals surface area contributed by atoms with Gasteiger partial charge in [-0.1, -0.05) is 13.8 Å². The lowest BCUT2D eigenvalue weighted by molar-refractivity contribution is 0.463. The largest absolute Gasteiger partial charge is 0.312 e. The molecule has 0 amide bonds. The third-order valence-corrected chi connectivity index (χ3v) is 5.18. The summed E-state index contributed by atoms with van der Waals surface area (Å²) in [7, 11) is 1.97. The van der Waals surface area contributed by atoms with Crippen LogP contribution in [0, 0.1) is 18.7 Å². The minimum atomic E-state index is -0.115. The Hall–Kier alpha value is -0.540. The van der Waals surface area contributed by atoms with Crippen molar-refractivity contribution >= 4 is 11.8 Å². The topological polar surface area (TPSA) is 12.0 Å². The number of fused-ring (bicyclic) bond motifs is 1. The molecule has 1 N–H and O–H groups in total. The van der Waals surface area contributed by atoms with Crippen LogP contribution in [0.1, 0.15) is 36.6 Å². The third-order valence-electron chi connectivity index (χ3n) is 3.52. The van der Waals surface area contributed by atoms with E-state index in [2.05, 4.69) is 19.2 Å². The molecule has 0 fully saturated rings. The second-order valence-corrected chi connectivity index (χ2v) is 6.24. The minimum Gasteiger partial charge on any atom is -0.312 e. The van der Waals surface area contributed by atoms with Gasteiger partial charge in [0.05, 0.1) is 0 Å². The second kappa shape index (κ2) is 4.99. The van der Waals surface area contributed by atoms with Crippen molar-refractivity contribution in [2.24, 2.45) is 5.92 Å². The van der Waals surface area contributed by atoms with Crippen molar-refractivity contribution in [1.82, 2.24) is 5.32 Å². The standard InChI is InChI=1S/C14H20FNS/c1-8(2)14-13(16-4)11-6-10(15)5-9(3)12(11)7-17-14/h5-6,8,13-14,16H,7H2,1-4H3. The Labute approximate surface area is 107 Å². The second-order valence-electron chi connectivity index (χ2n) is 5.08. The van der Waals surface area contributed by atoms with Crippen molar-refractivity contribution in [2.45, 2.75) is 37.8 Å². The van der Waals surface area contributed by atoms with E-state index in [1.165, 1.54) is 5.56 Å². The summed E-state index contributed by atoms with van der Waals surface area (Å²) in [6, 6.07) is 3.61. The van der Waals surface area contributed by atoms with E-state index in [1.54, 1.807) is 12.1 Å². The Balaban J connectivity index is 2.47. The van der Waals surface area contributed by atoms with Gasteiger partial charge in [-0.2, -0.15) is 11.8 Å². The van der Waals surface area contributed by atoms with Crippen LogP contribution < -0.4 is 5.32 Å². The van der Waals surface area contributed by atoms with Crippen molar-refractivity contribution < 1.29 is 4.39 Å². The maximum Gasteiger partial charge on any atom is 0.123 e. The average Bonchev–Trinajstić information content (AvgIpc) is 2.26. The van der Waals surface area contributed by atoms with E-state index in [-0.39, 0.29) is 11.9 Å². The molecule has 2 rings (SSSR count). The molecular formula is C14H20FNS. The van der Waals surface area contributed by atoms with Gasteiger partial charge in [-0.05, 0) is 48.7 Å². The number of halogens is 1. The summed E-state index contributed by atoms with van der Waals surface area (Å²) in [6.07, 6.45) is 0. The molecule has 1 aromatic carbocycles. The van der Waals surface area contributed by atoms with Crippen molar-refractivity contribution in [1.29, 1.82) is 0 Å². The first-order valence-electron chi connectivity index (χ1n) is 6.12. The van der Waals surface area contributed by atoms with Crippen LogP contribution in [0.15, 0.2) is 12.1 Å². The van der Waals surface area contributed by atoms with E-state index >= 15 is 0 Å². The Morgan fingerprint density at radius 3 is 2.71 bits per heavy atom. The van der Waals surface area contributed by atoms with E-state index in [9.17, 15) is 4.39 Å². The summed E-state index contributed by atoms with van der Waals surface area (Å²) in [5.41, 5.74) is 3.55. The highest BCUT2D eigenvalue weighted by Gasteiger charge is 2.32. The van der Waals surface area contributed by atoms with E-state index < -0.39 is 0 Å². The zero-order chi connectivity index (χ0) is 12.6. The number of thioether (sulfide) groups is 1. The smallest absolute Gasteiger partial charge is 0.123 e. The van der Waals surface area contributed by atoms with Crippen LogP contribution in [0.3, 0.4) is 0 Å². The lowest BCUT2D eigenvalue weighted by Crippen LogP contribution is -2.34. The quantitative estimate of drug-likeness (QED) is 0.863. The van der Waals surface area contributed by atoms with Crippen LogP contribution in [0.4, 0.5) is 4.39 Å². The van der Waals surface area contributed by atoms with Crippen LogP contribution in [-0.2, 0) is 5.75 Å². The van der Waals surface area contributed by atoms with E-state index in [4.69, 9.17) is 0 Å². The lowest BCUT2D eigenvalue weighted by Gasteiger charge is -2.36. The van der Waals surface area contributed by atoms with Crippen LogP contribution >= 0.6 is 11.8 Å². The first kappa shape index (κ1) is 12.9. The molecule has 0 saturated carbocycles. The Bertz CT molecular complexity index is 417. The van der Waals surface area contributed by atoms with E-state index in [0.717, 1.165) is 16.9 Å². The molecular weight excluding hydrogens is 233 g/mol. The number of benzene rings is 1.